The number of phenols is 1. The molecule has 6 heteroatoms. The molecule has 0 unspecified atom stereocenters. The smallest absolute Gasteiger partial charge is 0.340 e. The van der Waals surface area contributed by atoms with Crippen molar-refractivity contribution >= 4 is 17.5 Å². The first kappa shape index (κ1) is 28.8. The van der Waals surface area contributed by atoms with Crippen molar-refractivity contribution < 1.29 is 29.3 Å². The molecule has 2 bridgehead atoms. The molecule has 2 aromatic rings. The van der Waals surface area contributed by atoms with Crippen molar-refractivity contribution in [1.29, 1.82) is 0 Å². The van der Waals surface area contributed by atoms with Gasteiger partial charge in [-0.1, -0.05) is 56.3 Å². The molecule has 8 rings (SSSR count). The molecule has 4 aliphatic carbocycles. The van der Waals surface area contributed by atoms with Gasteiger partial charge in [0.2, 0.25) is 0 Å². The highest BCUT2D eigenvalue weighted by Crippen LogP contribution is 2.71. The number of benzene rings is 2. The van der Waals surface area contributed by atoms with Crippen LogP contribution in [-0.2, 0) is 25.5 Å². The molecule has 0 aromatic heterocycles. The first-order valence-electron chi connectivity index (χ1n) is 16.1. The lowest BCUT2D eigenvalue weighted by Gasteiger charge is -2.56. The number of aromatic hydroxyl groups is 1. The molecular formula is C38H40O6. The van der Waals surface area contributed by atoms with Crippen molar-refractivity contribution in [2.75, 3.05) is 6.61 Å². The van der Waals surface area contributed by atoms with Gasteiger partial charge in [-0.05, 0) is 110 Å². The van der Waals surface area contributed by atoms with Crippen molar-refractivity contribution in [3.05, 3.63) is 106 Å². The van der Waals surface area contributed by atoms with Crippen molar-refractivity contribution in [3.63, 3.8) is 0 Å². The molecule has 2 N–H and O–H groups in total. The van der Waals surface area contributed by atoms with E-state index < -0.39 is 5.41 Å². The zero-order chi connectivity index (χ0) is 30.6. The Morgan fingerprint density at radius 1 is 1.02 bits per heavy atom. The van der Waals surface area contributed by atoms with E-state index in [4.69, 9.17) is 9.47 Å². The SMILES string of the molecule is CC[C@H](C=C1OC(=O)C2=C(c3cccc(O)c3)[C@@H]3CC[C@]12[C@H]1C2=C(CC[C@H]31)C(=CC[C@H](C)CO)OC2=O)Cc1ccccc1. The Hall–Kier alpha value is -3.90. The fourth-order valence-corrected chi connectivity index (χ4v) is 8.75. The summed E-state index contributed by atoms with van der Waals surface area (Å²) in [6, 6.07) is 17.6. The Balaban J connectivity index is 1.41. The van der Waals surface area contributed by atoms with E-state index in [9.17, 15) is 19.8 Å². The molecule has 2 aliphatic heterocycles. The lowest BCUT2D eigenvalue weighted by molar-refractivity contribution is -0.135. The molecule has 2 heterocycles. The van der Waals surface area contributed by atoms with Gasteiger partial charge in [-0.2, -0.15) is 0 Å². The third kappa shape index (κ3) is 4.49. The number of aliphatic hydroxyl groups is 1. The zero-order valence-corrected chi connectivity index (χ0v) is 25.4. The number of carbonyl (C=O) groups excluding carboxylic acids is 2. The van der Waals surface area contributed by atoms with Crippen LogP contribution in [0.2, 0.25) is 0 Å². The minimum atomic E-state index is -0.769. The third-order valence-corrected chi connectivity index (χ3v) is 10.8. The first-order chi connectivity index (χ1) is 21.3. The number of esters is 2. The number of hydrogen-bond acceptors (Lipinski definition) is 6. The van der Waals surface area contributed by atoms with Gasteiger partial charge >= 0.3 is 11.9 Å². The van der Waals surface area contributed by atoms with Crippen molar-refractivity contribution in [1.82, 2.24) is 0 Å². The Morgan fingerprint density at radius 3 is 2.59 bits per heavy atom. The summed E-state index contributed by atoms with van der Waals surface area (Å²) in [5, 5.41) is 20.0. The van der Waals surface area contributed by atoms with Crippen molar-refractivity contribution in [2.45, 2.75) is 58.8 Å². The Labute approximate surface area is 258 Å². The maximum atomic E-state index is 14.1. The van der Waals surface area contributed by atoms with Crippen LogP contribution < -0.4 is 0 Å². The minimum Gasteiger partial charge on any atom is -0.508 e. The van der Waals surface area contributed by atoms with Crippen LogP contribution in [0.3, 0.4) is 0 Å². The number of cyclic esters (lactones) is 2. The highest BCUT2D eigenvalue weighted by atomic mass is 16.5. The highest BCUT2D eigenvalue weighted by Gasteiger charge is 2.68. The number of allylic oxidation sites excluding steroid dienone is 5. The van der Waals surface area contributed by atoms with Gasteiger partial charge in [0.05, 0.1) is 11.0 Å². The van der Waals surface area contributed by atoms with Gasteiger partial charge in [-0.3, -0.25) is 0 Å². The molecule has 1 saturated heterocycles. The Morgan fingerprint density at radius 2 is 1.84 bits per heavy atom. The van der Waals surface area contributed by atoms with Crippen molar-refractivity contribution in [3.8, 4) is 5.75 Å². The van der Waals surface area contributed by atoms with E-state index in [1.807, 2.05) is 43.3 Å². The largest absolute Gasteiger partial charge is 0.508 e. The minimum absolute atomic E-state index is 0.0665. The molecule has 0 radical (unpaired) electrons. The number of phenolic OH excluding ortho intramolecular Hbond substituents is 1. The molecule has 6 nitrogen and oxygen atoms in total. The van der Waals surface area contributed by atoms with Crippen LogP contribution in [0.15, 0.2) is 95.0 Å². The Bertz CT molecular complexity index is 1630. The number of rotatable bonds is 8. The van der Waals surface area contributed by atoms with Gasteiger partial charge in [-0.25, -0.2) is 9.59 Å². The highest BCUT2D eigenvalue weighted by molar-refractivity contribution is 6.06. The molecule has 6 atom stereocenters. The standard InChI is InChI=1S/C38H40O6/c1-3-23(18-24-8-5-4-6-9-24)19-31-38-17-16-27(32(35(38)37(42)44-31)25-10-7-11-26(40)20-25)28-13-14-29-30(15-12-22(2)21-39)43-36(41)33(29)34(28)38/h4-11,15,19-20,22-23,27-28,34,39-40H,3,12-14,16-18,21H2,1-2H3/t22-,23-,27+,28+,34+,38+/m0/s1. The van der Waals surface area contributed by atoms with Gasteiger partial charge in [0, 0.05) is 23.7 Å². The number of ether oxygens (including phenoxy) is 2. The van der Waals surface area contributed by atoms with Gasteiger partial charge < -0.3 is 19.7 Å². The molecule has 1 spiro atoms. The third-order valence-electron chi connectivity index (χ3n) is 10.8. The maximum Gasteiger partial charge on any atom is 0.340 e. The van der Waals surface area contributed by atoms with Crippen LogP contribution in [-0.4, -0.2) is 28.8 Å². The van der Waals surface area contributed by atoms with E-state index in [-0.39, 0.29) is 53.9 Å². The van der Waals surface area contributed by atoms with E-state index >= 15 is 0 Å². The van der Waals surface area contributed by atoms with Gasteiger partial charge in [0.15, 0.2) is 0 Å². The average molecular weight is 593 g/mol. The fraction of sp³-hybridized carbons (Fsp3) is 0.421. The normalized spacial score (nSPS) is 30.3. The molecule has 0 amide bonds. The molecule has 228 valence electrons. The van der Waals surface area contributed by atoms with Crippen LogP contribution in [0.4, 0.5) is 0 Å². The number of carbonyl (C=O) groups is 2. The number of hydrogen-bond donors (Lipinski definition) is 2. The van der Waals surface area contributed by atoms with Gasteiger partial charge in [0.1, 0.15) is 17.3 Å². The number of fused-ring (bicyclic) bond motifs is 1. The molecule has 1 saturated carbocycles. The summed E-state index contributed by atoms with van der Waals surface area (Å²) >= 11 is 0. The molecule has 2 fully saturated rings. The zero-order valence-electron chi connectivity index (χ0n) is 25.4. The van der Waals surface area contributed by atoms with Gasteiger partial charge in [0.25, 0.3) is 0 Å². The topological polar surface area (TPSA) is 93.1 Å². The summed E-state index contributed by atoms with van der Waals surface area (Å²) in [7, 11) is 0. The van der Waals surface area contributed by atoms with Gasteiger partial charge in [-0.15, -0.1) is 0 Å². The van der Waals surface area contributed by atoms with E-state index in [0.29, 0.717) is 29.1 Å². The quantitative estimate of drug-likeness (QED) is 0.319. The monoisotopic (exact) mass is 592 g/mol. The van der Waals surface area contributed by atoms with Crippen LogP contribution in [0.1, 0.15) is 63.5 Å². The van der Waals surface area contributed by atoms with E-state index in [0.717, 1.165) is 55.2 Å². The summed E-state index contributed by atoms with van der Waals surface area (Å²) in [6.07, 6.45) is 9.67. The second-order valence-corrected chi connectivity index (χ2v) is 13.3. The predicted octanol–water partition coefficient (Wildman–Crippen LogP) is 7.05. The summed E-state index contributed by atoms with van der Waals surface area (Å²) < 4.78 is 12.3. The summed E-state index contributed by atoms with van der Waals surface area (Å²) in [4.78, 5) is 27.9. The lowest BCUT2D eigenvalue weighted by atomic mass is 9.44. The van der Waals surface area contributed by atoms with E-state index in [1.54, 1.807) is 12.1 Å². The molecule has 44 heavy (non-hydrogen) atoms. The average Bonchev–Trinajstić information content (AvgIpc) is 3.52. The number of aliphatic hydroxyl groups excluding tert-OH is 1. The summed E-state index contributed by atoms with van der Waals surface area (Å²) in [6.45, 7) is 4.20. The van der Waals surface area contributed by atoms with Crippen molar-refractivity contribution in [2.24, 2.45) is 35.0 Å². The predicted molar refractivity (Wildman–Crippen MR) is 167 cm³/mol. The fourth-order valence-electron chi connectivity index (χ4n) is 8.75. The lowest BCUT2D eigenvalue weighted by Crippen LogP contribution is -2.52. The summed E-state index contributed by atoms with van der Waals surface area (Å²) in [5.74, 6) is 1.02. The van der Waals surface area contributed by atoms with Crippen LogP contribution >= 0.6 is 0 Å². The van der Waals surface area contributed by atoms with Crippen LogP contribution in [0.5, 0.6) is 5.75 Å². The second kappa shape index (κ2) is 11.2. The first-order valence-corrected chi connectivity index (χ1v) is 16.1. The Kier molecular flexibility index (Phi) is 7.36. The molecule has 2 aromatic carbocycles. The van der Waals surface area contributed by atoms with Crippen LogP contribution in [0, 0.1) is 35.0 Å². The van der Waals surface area contributed by atoms with Crippen LogP contribution in [0.25, 0.3) is 5.57 Å². The summed E-state index contributed by atoms with van der Waals surface area (Å²) in [5.41, 5.74) is 4.62. The second-order valence-electron chi connectivity index (χ2n) is 13.3. The van der Waals surface area contributed by atoms with E-state index in [2.05, 4.69) is 25.1 Å². The maximum absolute atomic E-state index is 14.1. The molecule has 6 aliphatic rings. The molecular weight excluding hydrogens is 552 g/mol. The van der Waals surface area contributed by atoms with E-state index in [1.165, 1.54) is 5.56 Å².